The van der Waals surface area contributed by atoms with Crippen molar-refractivity contribution in [2.75, 3.05) is 27.3 Å². The number of rotatable bonds is 8. The molecule has 0 amide bonds. The van der Waals surface area contributed by atoms with E-state index in [4.69, 9.17) is 9.47 Å². The van der Waals surface area contributed by atoms with Crippen molar-refractivity contribution in [3.8, 4) is 0 Å². The van der Waals surface area contributed by atoms with Crippen LogP contribution in [0.5, 0.6) is 0 Å². The summed E-state index contributed by atoms with van der Waals surface area (Å²) in [6, 6.07) is 0.970. The van der Waals surface area contributed by atoms with Crippen LogP contribution < -0.4 is 0 Å². The molecular weight excluding hydrogens is 194 g/mol. The zero-order chi connectivity index (χ0) is 11.0. The lowest BCUT2D eigenvalue weighted by molar-refractivity contribution is -0.0886. The molecule has 84 valence electrons. The Hall–Kier alpha value is -0.163. The second kappa shape index (κ2) is 8.17. The largest absolute Gasteiger partial charge is 0.356 e. The summed E-state index contributed by atoms with van der Waals surface area (Å²) in [6.45, 7) is 10.4. The first-order valence-corrected chi connectivity index (χ1v) is 7.15. The maximum absolute atomic E-state index is 5.21. The fourth-order valence-electron chi connectivity index (χ4n) is 1.57. The Balaban J connectivity index is 4.17. The number of methoxy groups -OCH3 is 2. The number of ether oxygens (including phenoxy) is 2. The SMILES string of the molecule is C=C[SiH](CC(OC)OC)N(CC)CC. The van der Waals surface area contributed by atoms with Gasteiger partial charge in [0.1, 0.15) is 8.96 Å². The van der Waals surface area contributed by atoms with E-state index in [1.807, 2.05) is 0 Å². The van der Waals surface area contributed by atoms with Crippen molar-refractivity contribution >= 4 is 8.96 Å². The monoisotopic (exact) mass is 217 g/mol. The maximum Gasteiger partial charge on any atom is 0.155 e. The van der Waals surface area contributed by atoms with Crippen LogP contribution in [0.4, 0.5) is 0 Å². The summed E-state index contributed by atoms with van der Waals surface area (Å²) in [5.74, 6) is 0. The van der Waals surface area contributed by atoms with Gasteiger partial charge in [-0.3, -0.25) is 0 Å². The Morgan fingerprint density at radius 1 is 1.29 bits per heavy atom. The first kappa shape index (κ1) is 13.8. The van der Waals surface area contributed by atoms with Gasteiger partial charge in [0.2, 0.25) is 0 Å². The smallest absolute Gasteiger partial charge is 0.155 e. The van der Waals surface area contributed by atoms with Crippen molar-refractivity contribution in [1.82, 2.24) is 4.57 Å². The van der Waals surface area contributed by atoms with Crippen LogP contribution in [0.1, 0.15) is 13.8 Å². The first-order chi connectivity index (χ1) is 6.73. The van der Waals surface area contributed by atoms with Crippen molar-refractivity contribution in [1.29, 1.82) is 0 Å². The summed E-state index contributed by atoms with van der Waals surface area (Å²) in [6.07, 6.45) is -0.0785. The summed E-state index contributed by atoms with van der Waals surface area (Å²) in [7, 11) is 2.30. The lowest BCUT2D eigenvalue weighted by Crippen LogP contribution is -2.40. The van der Waals surface area contributed by atoms with Gasteiger partial charge in [0.25, 0.3) is 0 Å². The molecule has 0 aliphatic heterocycles. The minimum Gasteiger partial charge on any atom is -0.356 e. The van der Waals surface area contributed by atoms with Crippen LogP contribution in [0.2, 0.25) is 6.04 Å². The van der Waals surface area contributed by atoms with Gasteiger partial charge in [-0.15, -0.1) is 6.58 Å². The highest BCUT2D eigenvalue weighted by atomic mass is 28.3. The van der Waals surface area contributed by atoms with Crippen LogP contribution >= 0.6 is 0 Å². The van der Waals surface area contributed by atoms with Gasteiger partial charge in [-0.25, -0.2) is 0 Å². The molecule has 1 atom stereocenters. The lowest BCUT2D eigenvalue weighted by atomic mass is 10.7. The van der Waals surface area contributed by atoms with E-state index in [9.17, 15) is 0 Å². The fourth-order valence-corrected chi connectivity index (χ4v) is 4.08. The van der Waals surface area contributed by atoms with Crippen LogP contribution in [0.3, 0.4) is 0 Å². The average molecular weight is 217 g/mol. The molecule has 0 N–H and O–H groups in total. The highest BCUT2D eigenvalue weighted by Crippen LogP contribution is 2.08. The van der Waals surface area contributed by atoms with Gasteiger partial charge >= 0.3 is 0 Å². The normalized spacial score (nSPS) is 13.6. The number of hydrogen-bond acceptors (Lipinski definition) is 3. The van der Waals surface area contributed by atoms with Gasteiger partial charge in [0.15, 0.2) is 6.29 Å². The van der Waals surface area contributed by atoms with E-state index in [1.54, 1.807) is 14.2 Å². The highest BCUT2D eigenvalue weighted by Gasteiger charge is 2.19. The van der Waals surface area contributed by atoms with E-state index >= 15 is 0 Å². The van der Waals surface area contributed by atoms with E-state index in [0.29, 0.717) is 0 Å². The second-order valence-electron chi connectivity index (χ2n) is 3.16. The minimum atomic E-state index is -1.07. The highest BCUT2D eigenvalue weighted by molar-refractivity contribution is 6.61. The molecule has 0 saturated heterocycles. The van der Waals surface area contributed by atoms with E-state index in [-0.39, 0.29) is 6.29 Å². The first-order valence-electron chi connectivity index (χ1n) is 5.15. The summed E-state index contributed by atoms with van der Waals surface area (Å²) < 4.78 is 12.9. The molecule has 3 nitrogen and oxygen atoms in total. The predicted octanol–water partition coefficient (Wildman–Crippen LogP) is 1.40. The van der Waals surface area contributed by atoms with Crippen molar-refractivity contribution in [2.45, 2.75) is 26.2 Å². The van der Waals surface area contributed by atoms with Crippen molar-refractivity contribution in [2.24, 2.45) is 0 Å². The van der Waals surface area contributed by atoms with Gasteiger partial charge < -0.3 is 14.0 Å². The molecule has 0 radical (unpaired) electrons. The van der Waals surface area contributed by atoms with Gasteiger partial charge in [-0.05, 0) is 13.1 Å². The van der Waals surface area contributed by atoms with Crippen LogP contribution in [-0.2, 0) is 9.47 Å². The summed E-state index contributed by atoms with van der Waals surface area (Å²) in [4.78, 5) is 0. The molecule has 0 rings (SSSR count). The fraction of sp³-hybridized carbons (Fsp3) is 0.800. The molecule has 0 fully saturated rings. The molecule has 14 heavy (non-hydrogen) atoms. The van der Waals surface area contributed by atoms with Crippen LogP contribution in [-0.4, -0.2) is 47.1 Å². The summed E-state index contributed by atoms with van der Waals surface area (Å²) in [5.41, 5.74) is 2.10. The molecule has 0 aliphatic rings. The van der Waals surface area contributed by atoms with Gasteiger partial charge in [-0.1, -0.05) is 19.5 Å². The number of nitrogens with zero attached hydrogens (tertiary/aromatic N) is 1. The maximum atomic E-state index is 5.21. The van der Waals surface area contributed by atoms with E-state index in [1.165, 1.54) is 0 Å². The summed E-state index contributed by atoms with van der Waals surface area (Å²) in [5, 5.41) is 0. The average Bonchev–Trinajstić information content (AvgIpc) is 2.24. The third-order valence-corrected chi connectivity index (χ3v) is 5.59. The van der Waals surface area contributed by atoms with Crippen LogP contribution in [0, 0.1) is 0 Å². The molecule has 0 saturated carbocycles. The molecule has 0 aromatic rings. The predicted molar refractivity (Wildman–Crippen MR) is 62.9 cm³/mol. The van der Waals surface area contributed by atoms with Gasteiger partial charge in [-0.2, -0.15) is 0 Å². The second-order valence-corrected chi connectivity index (χ2v) is 5.97. The number of hydrogen-bond donors (Lipinski definition) is 0. The zero-order valence-electron chi connectivity index (χ0n) is 9.82. The van der Waals surface area contributed by atoms with E-state index in [2.05, 4.69) is 30.7 Å². The van der Waals surface area contributed by atoms with Crippen LogP contribution in [0.25, 0.3) is 0 Å². The van der Waals surface area contributed by atoms with Crippen molar-refractivity contribution in [3.05, 3.63) is 12.3 Å². The molecule has 0 aromatic heterocycles. The lowest BCUT2D eigenvalue weighted by Gasteiger charge is -2.28. The topological polar surface area (TPSA) is 21.7 Å². The molecule has 0 spiro atoms. The molecular formula is C10H23NO2Si. The molecule has 1 unspecified atom stereocenters. The van der Waals surface area contributed by atoms with Gasteiger partial charge in [0.05, 0.1) is 0 Å². The Kier molecular flexibility index (Phi) is 8.08. The van der Waals surface area contributed by atoms with E-state index in [0.717, 1.165) is 19.1 Å². The van der Waals surface area contributed by atoms with Crippen molar-refractivity contribution in [3.63, 3.8) is 0 Å². The Bertz CT molecular complexity index is 147. The molecule has 0 heterocycles. The third-order valence-electron chi connectivity index (χ3n) is 2.51. The minimum absolute atomic E-state index is 0.0785. The standard InChI is InChI=1S/C10H23NO2Si/c1-6-11(7-2)14(8-3)9-10(12-4)13-5/h8,10,14H,3,6-7,9H2,1-2,4-5H3. The van der Waals surface area contributed by atoms with E-state index < -0.39 is 8.96 Å². The van der Waals surface area contributed by atoms with Crippen molar-refractivity contribution < 1.29 is 9.47 Å². The zero-order valence-corrected chi connectivity index (χ0v) is 11.0. The quantitative estimate of drug-likeness (QED) is 0.453. The Labute approximate surface area is 89.4 Å². The Morgan fingerprint density at radius 2 is 1.79 bits per heavy atom. The molecule has 0 aromatic carbocycles. The van der Waals surface area contributed by atoms with Crippen LogP contribution in [0.15, 0.2) is 12.3 Å². The molecule has 4 heteroatoms. The van der Waals surface area contributed by atoms with Gasteiger partial charge in [0, 0.05) is 20.3 Å². The third kappa shape index (κ3) is 4.37. The summed E-state index contributed by atoms with van der Waals surface area (Å²) >= 11 is 0. The molecule has 0 aliphatic carbocycles. The Morgan fingerprint density at radius 3 is 2.07 bits per heavy atom. The molecule has 0 bridgehead atoms.